The molecular weight excluding hydrogens is 374 g/mol. The summed E-state index contributed by atoms with van der Waals surface area (Å²) >= 11 is 0. The number of fused-ring (bicyclic) bond motifs is 1. The molecule has 150 valence electrons. The van der Waals surface area contributed by atoms with Gasteiger partial charge in [0.1, 0.15) is 0 Å². The fraction of sp³-hybridized carbons (Fsp3) is 0.381. The molecule has 0 bridgehead atoms. The van der Waals surface area contributed by atoms with Gasteiger partial charge in [0.2, 0.25) is 10.0 Å². The Morgan fingerprint density at radius 3 is 2.54 bits per heavy atom. The van der Waals surface area contributed by atoms with E-state index in [0.29, 0.717) is 24.3 Å². The van der Waals surface area contributed by atoms with Gasteiger partial charge in [-0.25, -0.2) is 8.42 Å². The molecule has 1 aliphatic heterocycles. The van der Waals surface area contributed by atoms with Gasteiger partial charge in [-0.2, -0.15) is 0 Å². The van der Waals surface area contributed by atoms with Gasteiger partial charge in [-0.3, -0.25) is 9.10 Å². The summed E-state index contributed by atoms with van der Waals surface area (Å²) in [5.74, 6) is -0.154. The van der Waals surface area contributed by atoms with Crippen LogP contribution in [0.5, 0.6) is 0 Å². The third-order valence-corrected chi connectivity index (χ3v) is 6.04. The van der Waals surface area contributed by atoms with Crippen molar-refractivity contribution in [1.29, 1.82) is 0 Å². The summed E-state index contributed by atoms with van der Waals surface area (Å²) in [5.41, 5.74) is 4.41. The summed E-state index contributed by atoms with van der Waals surface area (Å²) in [4.78, 5) is 14.8. The van der Waals surface area contributed by atoms with Crippen molar-refractivity contribution in [3.63, 3.8) is 0 Å². The highest BCUT2D eigenvalue weighted by Crippen LogP contribution is 2.29. The largest absolute Gasteiger partial charge is 0.348 e. The van der Waals surface area contributed by atoms with Crippen molar-refractivity contribution in [3.8, 4) is 0 Å². The van der Waals surface area contributed by atoms with Crippen molar-refractivity contribution < 1.29 is 13.2 Å². The second kappa shape index (κ2) is 8.32. The van der Waals surface area contributed by atoms with Crippen molar-refractivity contribution >= 4 is 21.6 Å². The van der Waals surface area contributed by atoms with Crippen molar-refractivity contribution in [3.05, 3.63) is 64.7 Å². The Morgan fingerprint density at radius 2 is 1.86 bits per heavy atom. The highest BCUT2D eigenvalue weighted by atomic mass is 32.2. The molecule has 1 heterocycles. The Bertz CT molecular complexity index is 971. The van der Waals surface area contributed by atoms with Gasteiger partial charge in [0.25, 0.3) is 5.91 Å². The van der Waals surface area contributed by atoms with E-state index in [0.717, 1.165) is 30.5 Å². The summed E-state index contributed by atoms with van der Waals surface area (Å²) in [6.07, 6.45) is 2.74. The molecule has 3 rings (SSSR count). The average molecular weight is 402 g/mol. The molecule has 0 aromatic heterocycles. The minimum Gasteiger partial charge on any atom is -0.348 e. The quantitative estimate of drug-likeness (QED) is 0.807. The van der Waals surface area contributed by atoms with E-state index in [1.54, 1.807) is 12.1 Å². The van der Waals surface area contributed by atoms with Crippen LogP contribution in [0, 0.1) is 0 Å². The standard InChI is InChI=1S/C21H27N3O3S/c1-23(2)15-19-8-5-4-7-18(19)14-22-21(25)17-10-11-20-16(13-17)9-6-12-24(20)28(3,26)27/h4-5,7-8,10-11,13H,6,9,12,14-15H2,1-3H3,(H,22,25). The molecule has 1 amide bonds. The van der Waals surface area contributed by atoms with Crippen LogP contribution in [0.15, 0.2) is 42.5 Å². The number of hydrogen-bond donors (Lipinski definition) is 1. The number of rotatable bonds is 6. The lowest BCUT2D eigenvalue weighted by molar-refractivity contribution is 0.0950. The zero-order chi connectivity index (χ0) is 20.3. The molecule has 7 heteroatoms. The fourth-order valence-electron chi connectivity index (χ4n) is 3.55. The number of hydrogen-bond acceptors (Lipinski definition) is 4. The molecule has 6 nitrogen and oxygen atoms in total. The number of amides is 1. The maximum absolute atomic E-state index is 12.7. The first-order valence-electron chi connectivity index (χ1n) is 9.36. The van der Waals surface area contributed by atoms with Crippen LogP contribution in [0.25, 0.3) is 0 Å². The van der Waals surface area contributed by atoms with Gasteiger partial charge in [-0.15, -0.1) is 0 Å². The lowest BCUT2D eigenvalue weighted by atomic mass is 10.0. The Hall–Kier alpha value is -2.38. The molecule has 0 fully saturated rings. The number of nitrogens with one attached hydrogen (secondary N) is 1. The molecule has 2 aromatic rings. The number of aryl methyl sites for hydroxylation is 1. The number of carbonyl (C=O) groups excluding carboxylic acids is 1. The van der Waals surface area contributed by atoms with E-state index in [1.165, 1.54) is 16.1 Å². The lowest BCUT2D eigenvalue weighted by Gasteiger charge is -2.29. The van der Waals surface area contributed by atoms with E-state index >= 15 is 0 Å². The molecule has 1 aliphatic rings. The van der Waals surface area contributed by atoms with E-state index in [1.807, 2.05) is 38.4 Å². The number of sulfonamides is 1. The van der Waals surface area contributed by atoms with E-state index in [9.17, 15) is 13.2 Å². The molecule has 0 radical (unpaired) electrons. The zero-order valence-electron chi connectivity index (χ0n) is 16.6. The Balaban J connectivity index is 1.74. The molecule has 0 atom stereocenters. The Labute approximate surface area is 167 Å². The van der Waals surface area contributed by atoms with E-state index in [2.05, 4.69) is 16.3 Å². The highest BCUT2D eigenvalue weighted by molar-refractivity contribution is 7.92. The molecular formula is C21H27N3O3S. The van der Waals surface area contributed by atoms with Crippen molar-refractivity contribution in [2.45, 2.75) is 25.9 Å². The van der Waals surface area contributed by atoms with Gasteiger partial charge in [-0.1, -0.05) is 24.3 Å². The van der Waals surface area contributed by atoms with Crippen LogP contribution < -0.4 is 9.62 Å². The summed E-state index contributed by atoms with van der Waals surface area (Å²) in [6.45, 7) is 1.75. The van der Waals surface area contributed by atoms with Crippen LogP contribution in [-0.2, 0) is 29.5 Å². The maximum atomic E-state index is 12.7. The van der Waals surface area contributed by atoms with Crippen molar-refractivity contribution in [1.82, 2.24) is 10.2 Å². The van der Waals surface area contributed by atoms with Gasteiger partial charge in [0.15, 0.2) is 0 Å². The van der Waals surface area contributed by atoms with Gasteiger partial charge in [0.05, 0.1) is 11.9 Å². The SMILES string of the molecule is CN(C)Cc1ccccc1CNC(=O)c1ccc2c(c1)CCCN2S(C)(=O)=O. The van der Waals surface area contributed by atoms with Crippen LogP contribution in [0.1, 0.15) is 33.5 Å². The molecule has 0 saturated carbocycles. The third kappa shape index (κ3) is 4.72. The summed E-state index contributed by atoms with van der Waals surface area (Å²) in [6, 6.07) is 13.3. The van der Waals surface area contributed by atoms with Crippen LogP contribution >= 0.6 is 0 Å². The third-order valence-electron chi connectivity index (χ3n) is 4.86. The molecule has 1 N–H and O–H groups in total. The maximum Gasteiger partial charge on any atom is 0.251 e. The molecule has 0 aliphatic carbocycles. The summed E-state index contributed by atoms with van der Waals surface area (Å²) in [7, 11) is 0.728. The lowest BCUT2D eigenvalue weighted by Crippen LogP contribution is -2.34. The van der Waals surface area contributed by atoms with Gasteiger partial charge in [0, 0.05) is 25.2 Å². The number of nitrogens with zero attached hydrogens (tertiary/aromatic N) is 2. The molecule has 0 unspecified atom stereocenters. The zero-order valence-corrected chi connectivity index (χ0v) is 17.4. The first-order valence-corrected chi connectivity index (χ1v) is 11.2. The predicted molar refractivity (Wildman–Crippen MR) is 112 cm³/mol. The van der Waals surface area contributed by atoms with Crippen LogP contribution in [0.4, 0.5) is 5.69 Å². The van der Waals surface area contributed by atoms with Gasteiger partial charge >= 0.3 is 0 Å². The number of benzene rings is 2. The monoisotopic (exact) mass is 401 g/mol. The van der Waals surface area contributed by atoms with E-state index in [4.69, 9.17) is 0 Å². The number of anilines is 1. The second-order valence-electron chi connectivity index (χ2n) is 7.47. The van der Waals surface area contributed by atoms with Crippen LogP contribution in [0.2, 0.25) is 0 Å². The minimum atomic E-state index is -3.30. The molecule has 0 spiro atoms. The molecule has 0 saturated heterocycles. The molecule has 28 heavy (non-hydrogen) atoms. The van der Waals surface area contributed by atoms with Crippen LogP contribution in [0.3, 0.4) is 0 Å². The van der Waals surface area contributed by atoms with Gasteiger partial charge in [-0.05, 0) is 61.8 Å². The fourth-order valence-corrected chi connectivity index (χ4v) is 4.55. The number of carbonyl (C=O) groups is 1. The van der Waals surface area contributed by atoms with Gasteiger partial charge < -0.3 is 10.2 Å². The summed E-state index contributed by atoms with van der Waals surface area (Å²) < 4.78 is 25.4. The normalized spacial score (nSPS) is 14.1. The average Bonchev–Trinajstić information content (AvgIpc) is 2.65. The van der Waals surface area contributed by atoms with E-state index in [-0.39, 0.29) is 5.91 Å². The highest BCUT2D eigenvalue weighted by Gasteiger charge is 2.24. The first kappa shape index (κ1) is 20.4. The molecule has 2 aromatic carbocycles. The minimum absolute atomic E-state index is 0.154. The van der Waals surface area contributed by atoms with Crippen molar-refractivity contribution in [2.24, 2.45) is 0 Å². The topological polar surface area (TPSA) is 69.7 Å². The smallest absolute Gasteiger partial charge is 0.251 e. The first-order chi connectivity index (χ1) is 13.3. The van der Waals surface area contributed by atoms with Crippen molar-refractivity contribution in [2.75, 3.05) is 31.2 Å². The van der Waals surface area contributed by atoms with Crippen LogP contribution in [-0.4, -0.2) is 46.1 Å². The van der Waals surface area contributed by atoms with E-state index < -0.39 is 10.0 Å². The Morgan fingerprint density at radius 1 is 1.14 bits per heavy atom. The summed E-state index contributed by atoms with van der Waals surface area (Å²) in [5, 5.41) is 2.99. The predicted octanol–water partition coefficient (Wildman–Crippen LogP) is 2.39. The second-order valence-corrected chi connectivity index (χ2v) is 9.38. The Kier molecular flexibility index (Phi) is 6.05.